The van der Waals surface area contributed by atoms with E-state index < -0.39 is 5.60 Å². The molecule has 1 aliphatic rings. The Morgan fingerprint density at radius 2 is 2.05 bits per heavy atom. The molecule has 1 aliphatic heterocycles. The van der Waals surface area contributed by atoms with Crippen LogP contribution in [0.2, 0.25) is 0 Å². The number of amides is 2. The summed E-state index contributed by atoms with van der Waals surface area (Å²) >= 11 is 0. The van der Waals surface area contributed by atoms with Crippen molar-refractivity contribution in [2.45, 2.75) is 71.4 Å². The van der Waals surface area contributed by atoms with Crippen LogP contribution in [-0.4, -0.2) is 46.6 Å². The third kappa shape index (κ3) is 4.99. The smallest absolute Gasteiger partial charge is 0.242 e. The van der Waals surface area contributed by atoms with E-state index in [4.69, 9.17) is 0 Å². The molecule has 0 aromatic heterocycles. The van der Waals surface area contributed by atoms with Crippen LogP contribution in [0.25, 0.3) is 0 Å². The third-order valence-corrected chi connectivity index (χ3v) is 4.45. The van der Waals surface area contributed by atoms with Gasteiger partial charge < -0.3 is 15.3 Å². The molecular weight excluding hydrogens is 268 g/mol. The van der Waals surface area contributed by atoms with Gasteiger partial charge in [0, 0.05) is 19.5 Å². The lowest BCUT2D eigenvalue weighted by Gasteiger charge is -2.36. The number of hydrogen-bond donors (Lipinski definition) is 2. The predicted molar refractivity (Wildman–Crippen MR) is 82.7 cm³/mol. The van der Waals surface area contributed by atoms with Crippen LogP contribution in [-0.2, 0) is 9.59 Å². The standard InChI is InChI=1S/C16H30N2O3/c1-5-8-14(19)18-10-7-6-9-13(18)15(20)17-11-16(4,21)12(2)3/h12-13,21H,5-11H2,1-4H3,(H,17,20). The van der Waals surface area contributed by atoms with Gasteiger partial charge in [-0.3, -0.25) is 9.59 Å². The number of hydrogen-bond acceptors (Lipinski definition) is 3. The lowest BCUT2D eigenvalue weighted by molar-refractivity contribution is -0.142. The molecule has 2 N–H and O–H groups in total. The molecule has 0 saturated carbocycles. The van der Waals surface area contributed by atoms with E-state index in [0.717, 1.165) is 19.3 Å². The molecule has 0 aromatic rings. The summed E-state index contributed by atoms with van der Waals surface area (Å²) < 4.78 is 0. The van der Waals surface area contributed by atoms with Crippen molar-refractivity contribution in [1.29, 1.82) is 0 Å². The Kier molecular flexibility index (Phi) is 6.65. The van der Waals surface area contributed by atoms with E-state index >= 15 is 0 Å². The Balaban J connectivity index is 2.63. The number of likely N-dealkylation sites (tertiary alicyclic amines) is 1. The summed E-state index contributed by atoms with van der Waals surface area (Å²) in [5.74, 6) is -0.0185. The van der Waals surface area contributed by atoms with Crippen LogP contribution in [0, 0.1) is 5.92 Å². The van der Waals surface area contributed by atoms with Gasteiger partial charge in [0.25, 0.3) is 0 Å². The van der Waals surface area contributed by atoms with Gasteiger partial charge >= 0.3 is 0 Å². The van der Waals surface area contributed by atoms with Crippen LogP contribution >= 0.6 is 0 Å². The Morgan fingerprint density at radius 3 is 2.62 bits per heavy atom. The van der Waals surface area contributed by atoms with E-state index in [2.05, 4.69) is 5.32 Å². The first-order valence-electron chi connectivity index (χ1n) is 8.09. The fraction of sp³-hybridized carbons (Fsp3) is 0.875. The summed E-state index contributed by atoms with van der Waals surface area (Å²) in [5.41, 5.74) is -0.928. The van der Waals surface area contributed by atoms with Crippen LogP contribution in [0.1, 0.15) is 59.8 Å². The molecule has 0 radical (unpaired) electrons. The van der Waals surface area contributed by atoms with Crippen molar-refractivity contribution in [1.82, 2.24) is 10.2 Å². The second-order valence-electron chi connectivity index (χ2n) is 6.58. The molecule has 0 aromatic carbocycles. The SMILES string of the molecule is CCCC(=O)N1CCCCC1C(=O)NCC(C)(O)C(C)C. The zero-order valence-electron chi connectivity index (χ0n) is 13.8. The van der Waals surface area contributed by atoms with Gasteiger partial charge in [-0.2, -0.15) is 0 Å². The molecule has 1 fully saturated rings. The number of carbonyl (C=O) groups excluding carboxylic acids is 2. The van der Waals surface area contributed by atoms with Crippen LogP contribution in [0.3, 0.4) is 0 Å². The number of carbonyl (C=O) groups is 2. The van der Waals surface area contributed by atoms with Crippen molar-refractivity contribution in [2.24, 2.45) is 5.92 Å². The van der Waals surface area contributed by atoms with E-state index in [1.165, 1.54) is 0 Å². The van der Waals surface area contributed by atoms with Gasteiger partial charge in [0.2, 0.25) is 11.8 Å². The molecule has 1 saturated heterocycles. The van der Waals surface area contributed by atoms with E-state index in [0.29, 0.717) is 19.4 Å². The van der Waals surface area contributed by atoms with Crippen LogP contribution < -0.4 is 5.32 Å². The molecule has 21 heavy (non-hydrogen) atoms. The summed E-state index contributed by atoms with van der Waals surface area (Å²) in [7, 11) is 0. The van der Waals surface area contributed by atoms with Gasteiger partial charge in [0.15, 0.2) is 0 Å². The van der Waals surface area contributed by atoms with Crippen LogP contribution in [0.15, 0.2) is 0 Å². The Labute approximate surface area is 128 Å². The van der Waals surface area contributed by atoms with Gasteiger partial charge in [-0.05, 0) is 38.5 Å². The average molecular weight is 298 g/mol. The van der Waals surface area contributed by atoms with E-state index in [-0.39, 0.29) is 30.3 Å². The molecule has 1 heterocycles. The highest BCUT2D eigenvalue weighted by atomic mass is 16.3. The van der Waals surface area contributed by atoms with Gasteiger partial charge in [-0.15, -0.1) is 0 Å². The summed E-state index contributed by atoms with van der Waals surface area (Å²) in [4.78, 5) is 26.2. The second kappa shape index (κ2) is 7.78. The number of piperidine rings is 1. The van der Waals surface area contributed by atoms with E-state index in [9.17, 15) is 14.7 Å². The molecule has 0 spiro atoms. The zero-order valence-corrected chi connectivity index (χ0v) is 13.8. The minimum Gasteiger partial charge on any atom is -0.388 e. The largest absolute Gasteiger partial charge is 0.388 e. The van der Waals surface area contributed by atoms with Crippen molar-refractivity contribution in [3.05, 3.63) is 0 Å². The zero-order chi connectivity index (χ0) is 16.0. The molecule has 122 valence electrons. The van der Waals surface area contributed by atoms with Gasteiger partial charge in [0.1, 0.15) is 6.04 Å². The fourth-order valence-corrected chi connectivity index (χ4v) is 2.45. The number of aliphatic hydroxyl groups is 1. The first-order valence-corrected chi connectivity index (χ1v) is 8.09. The first-order chi connectivity index (χ1) is 9.79. The average Bonchev–Trinajstić information content (AvgIpc) is 2.45. The Hall–Kier alpha value is -1.10. The van der Waals surface area contributed by atoms with Crippen molar-refractivity contribution in [3.8, 4) is 0 Å². The quantitative estimate of drug-likeness (QED) is 0.784. The maximum absolute atomic E-state index is 12.4. The van der Waals surface area contributed by atoms with Crippen molar-refractivity contribution in [2.75, 3.05) is 13.1 Å². The molecule has 0 bridgehead atoms. The third-order valence-electron chi connectivity index (χ3n) is 4.45. The lowest BCUT2D eigenvalue weighted by Crippen LogP contribution is -2.54. The Bertz CT molecular complexity index is 367. The van der Waals surface area contributed by atoms with Crippen molar-refractivity contribution in [3.63, 3.8) is 0 Å². The van der Waals surface area contributed by atoms with Gasteiger partial charge in [0.05, 0.1) is 5.60 Å². The van der Waals surface area contributed by atoms with Gasteiger partial charge in [-0.1, -0.05) is 20.8 Å². The highest BCUT2D eigenvalue weighted by Crippen LogP contribution is 2.20. The lowest BCUT2D eigenvalue weighted by atomic mass is 9.92. The second-order valence-corrected chi connectivity index (χ2v) is 6.58. The summed E-state index contributed by atoms with van der Waals surface area (Å²) in [5, 5.41) is 13.0. The highest BCUT2D eigenvalue weighted by molar-refractivity contribution is 5.87. The summed E-state index contributed by atoms with van der Waals surface area (Å²) in [6.07, 6.45) is 3.93. The molecule has 2 amide bonds. The monoisotopic (exact) mass is 298 g/mol. The highest BCUT2D eigenvalue weighted by Gasteiger charge is 2.33. The number of nitrogens with zero attached hydrogens (tertiary/aromatic N) is 1. The molecule has 1 rings (SSSR count). The molecular formula is C16H30N2O3. The number of nitrogens with one attached hydrogen (secondary N) is 1. The van der Waals surface area contributed by atoms with Crippen molar-refractivity contribution < 1.29 is 14.7 Å². The minimum absolute atomic E-state index is 0.0574. The van der Waals surface area contributed by atoms with Crippen LogP contribution in [0.5, 0.6) is 0 Å². The molecule has 5 heteroatoms. The summed E-state index contributed by atoms with van der Waals surface area (Å²) in [6, 6.07) is -0.374. The fourth-order valence-electron chi connectivity index (χ4n) is 2.45. The van der Waals surface area contributed by atoms with E-state index in [1.54, 1.807) is 11.8 Å². The molecule has 2 atom stereocenters. The van der Waals surface area contributed by atoms with Crippen molar-refractivity contribution >= 4 is 11.8 Å². The van der Waals surface area contributed by atoms with Gasteiger partial charge in [-0.25, -0.2) is 0 Å². The number of rotatable bonds is 6. The first kappa shape index (κ1) is 18.0. The maximum atomic E-state index is 12.4. The molecule has 0 aliphatic carbocycles. The maximum Gasteiger partial charge on any atom is 0.242 e. The van der Waals surface area contributed by atoms with E-state index in [1.807, 2.05) is 20.8 Å². The van der Waals surface area contributed by atoms with Crippen LogP contribution in [0.4, 0.5) is 0 Å². The molecule has 5 nitrogen and oxygen atoms in total. The topological polar surface area (TPSA) is 69.6 Å². The minimum atomic E-state index is -0.928. The predicted octanol–water partition coefficient (Wildman–Crippen LogP) is 1.69. The summed E-state index contributed by atoms with van der Waals surface area (Å²) in [6.45, 7) is 8.41. The molecule has 2 unspecified atom stereocenters. The normalized spacial score (nSPS) is 22.0. The Morgan fingerprint density at radius 1 is 1.38 bits per heavy atom.